The topological polar surface area (TPSA) is 12.0 Å². The second-order valence-corrected chi connectivity index (χ2v) is 6.70. The van der Waals surface area contributed by atoms with Gasteiger partial charge in [-0.25, -0.2) is 0 Å². The van der Waals surface area contributed by atoms with E-state index in [0.717, 1.165) is 11.8 Å². The Kier molecular flexibility index (Phi) is 3.52. The van der Waals surface area contributed by atoms with Crippen LogP contribution >= 0.6 is 0 Å². The molecule has 21 heavy (non-hydrogen) atoms. The summed E-state index contributed by atoms with van der Waals surface area (Å²) < 4.78 is 0. The molecule has 4 rings (SSSR count). The Balaban J connectivity index is 1.61. The van der Waals surface area contributed by atoms with E-state index in [1.54, 1.807) is 0 Å². The van der Waals surface area contributed by atoms with E-state index in [9.17, 15) is 0 Å². The highest BCUT2D eigenvalue weighted by Crippen LogP contribution is 2.45. The van der Waals surface area contributed by atoms with Crippen LogP contribution in [0.15, 0.2) is 60.7 Å². The third-order valence-corrected chi connectivity index (χ3v) is 5.38. The van der Waals surface area contributed by atoms with Crippen LogP contribution < -0.4 is 5.32 Å². The molecule has 1 heteroatoms. The molecule has 1 N–H and O–H groups in total. The van der Waals surface area contributed by atoms with Crippen LogP contribution in [0.4, 0.5) is 0 Å². The van der Waals surface area contributed by atoms with Gasteiger partial charge in [0.05, 0.1) is 6.04 Å². The number of rotatable bonds is 4. The second-order valence-electron chi connectivity index (χ2n) is 6.70. The molecule has 2 aromatic carbocycles. The molecule has 2 saturated carbocycles. The van der Waals surface area contributed by atoms with E-state index in [-0.39, 0.29) is 0 Å². The summed E-state index contributed by atoms with van der Waals surface area (Å²) in [7, 11) is 0. The first kappa shape index (κ1) is 13.1. The Morgan fingerprint density at radius 2 is 1.38 bits per heavy atom. The molecule has 0 aromatic heterocycles. The Hall–Kier alpha value is -1.60. The van der Waals surface area contributed by atoms with Crippen LogP contribution in [-0.2, 0) is 0 Å². The molecule has 0 heterocycles. The minimum Gasteiger partial charge on any atom is -0.303 e. The quantitative estimate of drug-likeness (QED) is 0.864. The van der Waals surface area contributed by atoms with Gasteiger partial charge in [-0.2, -0.15) is 0 Å². The maximum Gasteiger partial charge on any atom is 0.0578 e. The van der Waals surface area contributed by atoms with Crippen LogP contribution in [0.2, 0.25) is 0 Å². The van der Waals surface area contributed by atoms with Crippen molar-refractivity contribution in [3.8, 4) is 0 Å². The standard InChI is InChI=1S/C20H23N/c1-3-7-16(8-4-1)20(17-9-5-2-6-10-17)21-19-14-15-11-12-18(19)13-15/h1-10,15,18-21H,11-14H2/t15-,18-,19-/m1/s1. The molecule has 2 bridgehead atoms. The van der Waals surface area contributed by atoms with Gasteiger partial charge in [-0.15, -0.1) is 0 Å². The summed E-state index contributed by atoms with van der Waals surface area (Å²) in [6, 6.07) is 22.8. The van der Waals surface area contributed by atoms with E-state index in [1.807, 2.05) is 0 Å². The molecule has 2 aliphatic carbocycles. The molecule has 2 aliphatic rings. The normalized spacial score (nSPS) is 27.4. The molecule has 1 nitrogen and oxygen atoms in total. The number of hydrogen-bond donors (Lipinski definition) is 1. The van der Waals surface area contributed by atoms with Gasteiger partial charge in [-0.1, -0.05) is 67.1 Å². The summed E-state index contributed by atoms with van der Waals surface area (Å²) in [4.78, 5) is 0. The van der Waals surface area contributed by atoms with Crippen LogP contribution in [0.3, 0.4) is 0 Å². The summed E-state index contributed by atoms with van der Waals surface area (Å²) in [6.07, 6.45) is 5.72. The van der Waals surface area contributed by atoms with Crippen LogP contribution in [0.25, 0.3) is 0 Å². The first-order valence-electron chi connectivity index (χ1n) is 8.26. The van der Waals surface area contributed by atoms with Gasteiger partial charge in [0.2, 0.25) is 0 Å². The fourth-order valence-electron chi connectivity index (χ4n) is 4.34. The molecular weight excluding hydrogens is 254 g/mol. The van der Waals surface area contributed by atoms with E-state index >= 15 is 0 Å². The van der Waals surface area contributed by atoms with E-state index in [1.165, 1.54) is 36.8 Å². The monoisotopic (exact) mass is 277 g/mol. The maximum absolute atomic E-state index is 3.98. The molecule has 0 saturated heterocycles. The Labute approximate surface area is 127 Å². The number of nitrogens with one attached hydrogen (secondary N) is 1. The minimum absolute atomic E-state index is 0.330. The summed E-state index contributed by atoms with van der Waals surface area (Å²) >= 11 is 0. The van der Waals surface area contributed by atoms with Gasteiger partial charge < -0.3 is 5.32 Å². The lowest BCUT2D eigenvalue weighted by Crippen LogP contribution is -2.37. The van der Waals surface area contributed by atoms with Crippen molar-refractivity contribution in [2.75, 3.05) is 0 Å². The summed E-state index contributed by atoms with van der Waals surface area (Å²) in [6.45, 7) is 0. The third-order valence-electron chi connectivity index (χ3n) is 5.38. The van der Waals surface area contributed by atoms with Crippen molar-refractivity contribution in [3.63, 3.8) is 0 Å². The van der Waals surface area contributed by atoms with E-state index in [0.29, 0.717) is 12.1 Å². The van der Waals surface area contributed by atoms with Gasteiger partial charge in [-0.3, -0.25) is 0 Å². The first-order valence-corrected chi connectivity index (χ1v) is 8.26. The molecule has 3 atom stereocenters. The fourth-order valence-corrected chi connectivity index (χ4v) is 4.34. The van der Waals surface area contributed by atoms with Crippen molar-refractivity contribution in [1.82, 2.24) is 5.32 Å². The van der Waals surface area contributed by atoms with E-state index in [2.05, 4.69) is 66.0 Å². The van der Waals surface area contributed by atoms with E-state index < -0.39 is 0 Å². The predicted molar refractivity (Wildman–Crippen MR) is 87.1 cm³/mol. The zero-order chi connectivity index (χ0) is 14.1. The van der Waals surface area contributed by atoms with Gasteiger partial charge >= 0.3 is 0 Å². The smallest absolute Gasteiger partial charge is 0.0578 e. The minimum atomic E-state index is 0.330. The zero-order valence-corrected chi connectivity index (χ0v) is 12.4. The van der Waals surface area contributed by atoms with Crippen molar-refractivity contribution < 1.29 is 0 Å². The van der Waals surface area contributed by atoms with Crippen LogP contribution in [-0.4, -0.2) is 6.04 Å². The molecule has 108 valence electrons. The zero-order valence-electron chi connectivity index (χ0n) is 12.4. The Morgan fingerprint density at radius 3 is 1.86 bits per heavy atom. The van der Waals surface area contributed by atoms with E-state index in [4.69, 9.17) is 0 Å². The van der Waals surface area contributed by atoms with Crippen molar-refractivity contribution in [2.45, 2.75) is 37.8 Å². The molecular formula is C20H23N. The number of benzene rings is 2. The fraction of sp³-hybridized carbons (Fsp3) is 0.400. The van der Waals surface area contributed by atoms with Crippen molar-refractivity contribution in [3.05, 3.63) is 71.8 Å². The molecule has 0 unspecified atom stereocenters. The van der Waals surface area contributed by atoms with Crippen LogP contribution in [0.5, 0.6) is 0 Å². The first-order chi connectivity index (χ1) is 10.4. The lowest BCUT2D eigenvalue weighted by molar-refractivity contribution is 0.334. The van der Waals surface area contributed by atoms with Crippen molar-refractivity contribution >= 4 is 0 Å². The largest absolute Gasteiger partial charge is 0.303 e. The average molecular weight is 277 g/mol. The van der Waals surface area contributed by atoms with Gasteiger partial charge in [0.25, 0.3) is 0 Å². The van der Waals surface area contributed by atoms with Gasteiger partial charge in [0, 0.05) is 6.04 Å². The highest BCUT2D eigenvalue weighted by atomic mass is 15.0. The second kappa shape index (κ2) is 5.65. The van der Waals surface area contributed by atoms with Crippen molar-refractivity contribution in [2.24, 2.45) is 11.8 Å². The lowest BCUT2D eigenvalue weighted by Gasteiger charge is -2.29. The summed E-state index contributed by atoms with van der Waals surface area (Å²) in [5, 5.41) is 3.98. The summed E-state index contributed by atoms with van der Waals surface area (Å²) in [5.74, 6) is 1.89. The van der Waals surface area contributed by atoms with Crippen LogP contribution in [0, 0.1) is 11.8 Å². The molecule has 0 aliphatic heterocycles. The average Bonchev–Trinajstić information content (AvgIpc) is 3.17. The molecule has 2 aromatic rings. The molecule has 0 amide bonds. The van der Waals surface area contributed by atoms with Gasteiger partial charge in [0.15, 0.2) is 0 Å². The molecule has 2 fully saturated rings. The third kappa shape index (κ3) is 2.63. The highest BCUT2D eigenvalue weighted by molar-refractivity contribution is 5.31. The number of fused-ring (bicyclic) bond motifs is 2. The summed E-state index contributed by atoms with van der Waals surface area (Å²) in [5.41, 5.74) is 2.76. The number of hydrogen-bond acceptors (Lipinski definition) is 1. The van der Waals surface area contributed by atoms with Gasteiger partial charge in [-0.05, 0) is 42.2 Å². The highest BCUT2D eigenvalue weighted by Gasteiger charge is 2.40. The molecule has 0 radical (unpaired) electrons. The predicted octanol–water partition coefficient (Wildman–Crippen LogP) is 4.55. The Bertz CT molecular complexity index is 538. The van der Waals surface area contributed by atoms with Crippen molar-refractivity contribution in [1.29, 1.82) is 0 Å². The molecule has 0 spiro atoms. The van der Waals surface area contributed by atoms with Crippen LogP contribution in [0.1, 0.15) is 42.9 Å². The van der Waals surface area contributed by atoms with Gasteiger partial charge in [0.1, 0.15) is 0 Å². The maximum atomic E-state index is 3.98. The Morgan fingerprint density at radius 1 is 0.762 bits per heavy atom. The lowest BCUT2D eigenvalue weighted by atomic mass is 9.92. The SMILES string of the molecule is c1ccc(C(N[C@@H]2C[C@@H]3CC[C@@H]2C3)c2ccccc2)cc1.